The fourth-order valence-electron chi connectivity index (χ4n) is 3.17. The molecule has 1 aliphatic rings. The van der Waals surface area contributed by atoms with Crippen LogP contribution in [0.25, 0.3) is 5.69 Å². The summed E-state index contributed by atoms with van der Waals surface area (Å²) in [5.74, 6) is -0.651. The molecule has 1 aliphatic heterocycles. The molecule has 0 saturated carbocycles. The van der Waals surface area contributed by atoms with Crippen LogP contribution < -0.4 is 10.0 Å². The van der Waals surface area contributed by atoms with Crippen molar-refractivity contribution in [3.05, 3.63) is 42.0 Å². The van der Waals surface area contributed by atoms with Gasteiger partial charge in [-0.1, -0.05) is 0 Å². The molecule has 150 valence electrons. The minimum Gasteiger partial charge on any atom is -0.383 e. The van der Waals surface area contributed by atoms with Crippen LogP contribution in [0.15, 0.2) is 35.5 Å². The van der Waals surface area contributed by atoms with Gasteiger partial charge in [0.1, 0.15) is 11.5 Å². The summed E-state index contributed by atoms with van der Waals surface area (Å²) < 4.78 is 48.7. The molecule has 0 spiro atoms. The molecule has 0 radical (unpaired) electrons. The number of rotatable bonds is 7. The van der Waals surface area contributed by atoms with Crippen molar-refractivity contribution in [3.8, 4) is 5.69 Å². The van der Waals surface area contributed by atoms with Crippen molar-refractivity contribution in [1.29, 1.82) is 0 Å². The molecule has 10 heteroatoms. The van der Waals surface area contributed by atoms with E-state index in [2.05, 4.69) is 15.1 Å². The molecule has 2 N–H and O–H groups in total. The first kappa shape index (κ1) is 21.8. The maximum Gasteiger partial charge on any atom is 0.240 e. The van der Waals surface area contributed by atoms with E-state index in [4.69, 9.17) is 4.74 Å². The second-order valence-electron chi connectivity index (χ2n) is 6.64. The topological polar surface area (TPSA) is 85.2 Å². The Kier molecular flexibility index (Phi) is 6.98. The molecule has 3 rings (SSSR count). The molecule has 27 heavy (non-hydrogen) atoms. The lowest BCUT2D eigenvalue weighted by Gasteiger charge is -2.28. The van der Waals surface area contributed by atoms with E-state index < -0.39 is 21.4 Å². The molecular formula is C17H24ClFN4O3S. The molecular weight excluding hydrogens is 395 g/mol. The molecule has 0 amide bonds. The highest BCUT2D eigenvalue weighted by Crippen LogP contribution is 2.21. The van der Waals surface area contributed by atoms with Crippen molar-refractivity contribution in [2.45, 2.75) is 30.2 Å². The number of nitrogens with zero attached hydrogens (tertiary/aromatic N) is 2. The van der Waals surface area contributed by atoms with Crippen LogP contribution in [0.4, 0.5) is 4.39 Å². The average molecular weight is 419 g/mol. The number of aromatic nitrogens is 2. The van der Waals surface area contributed by atoms with Gasteiger partial charge in [-0.25, -0.2) is 22.2 Å². The van der Waals surface area contributed by atoms with Crippen LogP contribution in [-0.4, -0.2) is 50.5 Å². The van der Waals surface area contributed by atoms with E-state index in [1.807, 2.05) is 6.92 Å². The van der Waals surface area contributed by atoms with E-state index in [1.54, 1.807) is 19.5 Å². The molecule has 1 atom stereocenters. The molecule has 1 unspecified atom stereocenters. The maximum atomic E-state index is 14.4. The summed E-state index contributed by atoms with van der Waals surface area (Å²) in [5.41, 5.74) is 0.660. The molecule has 0 bridgehead atoms. The number of halogens is 2. The van der Waals surface area contributed by atoms with Gasteiger partial charge in [-0.3, -0.25) is 0 Å². The predicted octanol–water partition coefficient (Wildman–Crippen LogP) is 1.79. The van der Waals surface area contributed by atoms with Crippen molar-refractivity contribution in [2.75, 3.05) is 26.8 Å². The highest BCUT2D eigenvalue weighted by atomic mass is 35.5. The van der Waals surface area contributed by atoms with Gasteiger partial charge in [0.15, 0.2) is 0 Å². The number of ether oxygens (including phenoxy) is 1. The minimum atomic E-state index is -3.84. The molecule has 2 aromatic rings. The summed E-state index contributed by atoms with van der Waals surface area (Å²) in [6.45, 7) is 3.25. The van der Waals surface area contributed by atoms with Crippen molar-refractivity contribution in [3.63, 3.8) is 0 Å². The fraction of sp³-hybridized carbons (Fsp3) is 0.471. The second kappa shape index (κ2) is 8.66. The molecule has 7 nitrogen and oxygen atoms in total. The molecule has 1 aromatic carbocycles. The number of sulfonamides is 1. The zero-order valence-corrected chi connectivity index (χ0v) is 16.9. The highest BCUT2D eigenvalue weighted by Gasteiger charge is 2.34. The number of methoxy groups -OCH3 is 1. The summed E-state index contributed by atoms with van der Waals surface area (Å²) in [7, 11) is -2.25. The summed E-state index contributed by atoms with van der Waals surface area (Å²) >= 11 is 0. The third kappa shape index (κ3) is 4.85. The number of nitrogens with one attached hydrogen (secondary N) is 2. The Bertz CT molecular complexity index is 882. The minimum absolute atomic E-state index is 0. The molecule has 0 aliphatic carbocycles. The highest BCUT2D eigenvalue weighted by molar-refractivity contribution is 7.89. The summed E-state index contributed by atoms with van der Waals surface area (Å²) in [6.07, 6.45) is 5.05. The van der Waals surface area contributed by atoms with Crippen LogP contribution in [0.3, 0.4) is 0 Å². The van der Waals surface area contributed by atoms with Gasteiger partial charge in [-0.2, -0.15) is 5.10 Å². The quantitative estimate of drug-likeness (QED) is 0.716. The van der Waals surface area contributed by atoms with Gasteiger partial charge < -0.3 is 10.1 Å². The lowest BCUT2D eigenvalue weighted by atomic mass is 9.99. The third-order valence-corrected chi connectivity index (χ3v) is 5.94. The molecule has 1 saturated heterocycles. The first-order valence-electron chi connectivity index (χ1n) is 8.40. The van der Waals surface area contributed by atoms with Crippen LogP contribution in [0.2, 0.25) is 0 Å². The van der Waals surface area contributed by atoms with E-state index in [1.165, 1.54) is 16.8 Å². The van der Waals surface area contributed by atoms with E-state index in [0.717, 1.165) is 31.0 Å². The van der Waals surface area contributed by atoms with Gasteiger partial charge >= 0.3 is 0 Å². The smallest absolute Gasteiger partial charge is 0.240 e. The lowest BCUT2D eigenvalue weighted by molar-refractivity contribution is 0.122. The van der Waals surface area contributed by atoms with Gasteiger partial charge in [-0.05, 0) is 50.1 Å². The van der Waals surface area contributed by atoms with Gasteiger partial charge in [0.25, 0.3) is 0 Å². The van der Waals surface area contributed by atoms with E-state index >= 15 is 0 Å². The number of hydrogen-bond acceptors (Lipinski definition) is 5. The summed E-state index contributed by atoms with van der Waals surface area (Å²) in [5, 5.41) is 7.35. The molecule has 1 fully saturated rings. The number of hydrogen-bond donors (Lipinski definition) is 2. The summed E-state index contributed by atoms with van der Waals surface area (Å²) in [4.78, 5) is -0.117. The van der Waals surface area contributed by atoms with Crippen molar-refractivity contribution >= 4 is 22.4 Å². The predicted molar refractivity (Wildman–Crippen MR) is 103 cm³/mol. The van der Waals surface area contributed by atoms with E-state index in [-0.39, 0.29) is 29.5 Å². The normalized spacial score (nSPS) is 19.8. The van der Waals surface area contributed by atoms with Gasteiger partial charge in [-0.15, -0.1) is 12.4 Å². The first-order valence-corrected chi connectivity index (χ1v) is 9.88. The monoisotopic (exact) mass is 418 g/mol. The van der Waals surface area contributed by atoms with Crippen LogP contribution in [0.5, 0.6) is 0 Å². The third-order valence-electron chi connectivity index (χ3n) is 4.54. The largest absolute Gasteiger partial charge is 0.383 e. The Morgan fingerprint density at radius 3 is 2.78 bits per heavy atom. The Hall–Kier alpha value is -1.52. The van der Waals surface area contributed by atoms with Crippen LogP contribution in [0, 0.1) is 12.7 Å². The average Bonchev–Trinajstić information content (AvgIpc) is 3.23. The maximum absolute atomic E-state index is 14.4. The van der Waals surface area contributed by atoms with Crippen molar-refractivity contribution in [1.82, 2.24) is 19.8 Å². The first-order chi connectivity index (χ1) is 12.4. The van der Waals surface area contributed by atoms with Crippen LogP contribution in [0.1, 0.15) is 18.4 Å². The van der Waals surface area contributed by atoms with Crippen LogP contribution in [-0.2, 0) is 14.8 Å². The van der Waals surface area contributed by atoms with E-state index in [9.17, 15) is 12.8 Å². The Balaban J connectivity index is 0.00000261. The van der Waals surface area contributed by atoms with E-state index in [0.29, 0.717) is 6.61 Å². The standard InChI is InChI=1S/C17H23FN4O3S.ClH/c1-13-9-20-22(10-13)16-5-4-14(8-15(16)18)26(23,24)21-11-17(12-25-2)6-3-7-19-17;/h4-5,8-10,19,21H,3,6-7,11-12H2,1-2H3;1H. The molecule has 2 heterocycles. The molecule has 1 aromatic heterocycles. The van der Waals surface area contributed by atoms with Crippen molar-refractivity contribution in [2.24, 2.45) is 0 Å². The SMILES string of the molecule is COCC1(CNS(=O)(=O)c2ccc(-n3cc(C)cn3)c(F)c2)CCCN1.Cl. The van der Waals surface area contributed by atoms with Crippen molar-refractivity contribution < 1.29 is 17.5 Å². The Labute approximate surface area is 164 Å². The van der Waals surface area contributed by atoms with Gasteiger partial charge in [0, 0.05) is 19.9 Å². The zero-order chi connectivity index (χ0) is 18.8. The Morgan fingerprint density at radius 1 is 1.44 bits per heavy atom. The number of aryl methyl sites for hydroxylation is 1. The second-order valence-corrected chi connectivity index (χ2v) is 8.41. The fourth-order valence-corrected chi connectivity index (χ4v) is 4.31. The summed E-state index contributed by atoms with van der Waals surface area (Å²) in [6, 6.07) is 3.80. The zero-order valence-electron chi connectivity index (χ0n) is 15.2. The lowest BCUT2D eigenvalue weighted by Crippen LogP contribution is -2.52. The van der Waals surface area contributed by atoms with Crippen LogP contribution >= 0.6 is 12.4 Å². The van der Waals surface area contributed by atoms with Gasteiger partial charge in [0.2, 0.25) is 10.0 Å². The van der Waals surface area contributed by atoms with Gasteiger partial charge in [0.05, 0.1) is 23.2 Å². The Morgan fingerprint density at radius 2 is 2.22 bits per heavy atom. The number of benzene rings is 1.